The molecule has 0 spiro atoms. The average molecular weight is 546 g/mol. The topological polar surface area (TPSA) is 80.3 Å². The number of aldehydes is 1. The molecule has 0 saturated carbocycles. The van der Waals surface area contributed by atoms with Crippen LogP contribution in [-0.2, 0) is 27.4 Å². The summed E-state index contributed by atoms with van der Waals surface area (Å²) in [7, 11) is 0. The van der Waals surface area contributed by atoms with Gasteiger partial charge in [-0.05, 0) is 55.3 Å². The van der Waals surface area contributed by atoms with Crippen LogP contribution in [0.1, 0.15) is 52.7 Å². The fourth-order valence-electron chi connectivity index (χ4n) is 4.34. The first-order valence-corrected chi connectivity index (χ1v) is 11.2. The number of aromatic amines is 1. The Morgan fingerprint density at radius 1 is 1.08 bits per heavy atom. The first-order chi connectivity index (χ1) is 17.7. The smallest absolute Gasteiger partial charge is 0.348 e. The molecule has 1 N–H and O–H groups in total. The van der Waals surface area contributed by atoms with Gasteiger partial charge in [-0.3, -0.25) is 4.79 Å². The molecule has 2 aromatic carbocycles. The molecule has 38 heavy (non-hydrogen) atoms. The summed E-state index contributed by atoms with van der Waals surface area (Å²) in [4.78, 5) is 13.1. The monoisotopic (exact) mass is 546 g/mol. The number of aromatic nitrogens is 3. The number of rotatable bonds is 6. The number of nitrogens with one attached hydrogen (secondary N) is 1. The lowest BCUT2D eigenvalue weighted by molar-refractivity contribution is -0.217. The van der Waals surface area contributed by atoms with E-state index in [-0.39, 0.29) is 36.3 Å². The van der Waals surface area contributed by atoms with Crippen molar-refractivity contribution in [1.29, 1.82) is 0 Å². The Morgan fingerprint density at radius 3 is 2.24 bits per heavy atom. The molecule has 2 heterocycles. The molecule has 4 rings (SSSR count). The maximum atomic E-state index is 13.7. The van der Waals surface area contributed by atoms with Crippen LogP contribution in [0.4, 0.5) is 36.6 Å². The molecule has 0 bridgehead atoms. The van der Waals surface area contributed by atoms with Gasteiger partial charge >= 0.3 is 12.4 Å². The lowest BCUT2D eigenvalue weighted by Crippen LogP contribution is -2.60. The summed E-state index contributed by atoms with van der Waals surface area (Å²) >= 11 is 0. The van der Waals surface area contributed by atoms with Crippen molar-refractivity contribution in [2.75, 3.05) is 18.1 Å². The number of hydrogen-bond acceptors (Lipinski definition) is 6. The van der Waals surface area contributed by atoms with Gasteiger partial charge in [-0.1, -0.05) is 12.1 Å². The minimum Gasteiger partial charge on any atom is -0.348 e. The molecule has 0 radical (unpaired) electrons. The van der Waals surface area contributed by atoms with Crippen LogP contribution < -0.4 is 4.90 Å². The average Bonchev–Trinajstić information content (AvgIpc) is 3.33. The molecule has 204 valence electrons. The lowest BCUT2D eigenvalue weighted by Gasteiger charge is -2.50. The van der Waals surface area contributed by atoms with E-state index in [9.17, 15) is 35.5 Å². The predicted octanol–water partition coefficient (Wildman–Crippen LogP) is 5.65. The van der Waals surface area contributed by atoms with Crippen LogP contribution in [-0.4, -0.2) is 41.1 Å². The standard InChI is InChI=1S/C24H21F7N4O3/c1-13(14-9-16(23(26,27)28)11-17(10-14)24(29,30)31)38-21-22(2,15-3-5-18(25)6-4-15)35(7-8-37-21)20-19(12-36)32-34-33-20/h3-6,9-13,21H,7-8H2,1-2H3,(H,32,33,34)/t13?,21-,22+/m1/s1. The largest absolute Gasteiger partial charge is 0.416 e. The van der Waals surface area contributed by atoms with Gasteiger partial charge in [0.05, 0.1) is 23.8 Å². The summed E-state index contributed by atoms with van der Waals surface area (Å²) < 4.78 is 106. The fourth-order valence-corrected chi connectivity index (χ4v) is 4.34. The number of alkyl halides is 6. The van der Waals surface area contributed by atoms with E-state index in [4.69, 9.17) is 9.47 Å². The van der Waals surface area contributed by atoms with Crippen molar-refractivity contribution in [3.8, 4) is 0 Å². The highest BCUT2D eigenvalue weighted by atomic mass is 19.4. The van der Waals surface area contributed by atoms with Crippen molar-refractivity contribution in [2.45, 2.75) is 44.1 Å². The Bertz CT molecular complexity index is 1260. The van der Waals surface area contributed by atoms with E-state index in [1.807, 2.05) is 0 Å². The van der Waals surface area contributed by atoms with Crippen LogP contribution in [0, 0.1) is 5.82 Å². The summed E-state index contributed by atoms with van der Waals surface area (Å²) in [6.45, 7) is 3.04. The minimum atomic E-state index is -5.03. The second-order valence-electron chi connectivity index (χ2n) is 8.78. The van der Waals surface area contributed by atoms with E-state index >= 15 is 0 Å². The third kappa shape index (κ3) is 5.23. The maximum Gasteiger partial charge on any atom is 0.416 e. The van der Waals surface area contributed by atoms with Gasteiger partial charge in [0, 0.05) is 6.54 Å². The molecule has 1 fully saturated rings. The summed E-state index contributed by atoms with van der Waals surface area (Å²) in [6, 6.07) is 6.37. The molecule has 14 heteroatoms. The molecular weight excluding hydrogens is 525 g/mol. The highest BCUT2D eigenvalue weighted by molar-refractivity contribution is 5.80. The molecule has 1 unspecified atom stereocenters. The van der Waals surface area contributed by atoms with Crippen LogP contribution >= 0.6 is 0 Å². The van der Waals surface area contributed by atoms with E-state index < -0.39 is 47.2 Å². The van der Waals surface area contributed by atoms with Crippen LogP contribution in [0.25, 0.3) is 0 Å². The molecule has 1 aromatic heterocycles. The summed E-state index contributed by atoms with van der Waals surface area (Å²) in [5.41, 5.74) is -4.37. The van der Waals surface area contributed by atoms with E-state index in [1.165, 1.54) is 31.2 Å². The molecule has 3 aromatic rings. The number of carbonyl (C=O) groups excluding carboxylic acids is 1. The summed E-state index contributed by atoms with van der Waals surface area (Å²) in [5, 5.41) is 10.1. The first-order valence-electron chi connectivity index (χ1n) is 11.2. The van der Waals surface area contributed by atoms with Gasteiger partial charge in [-0.15, -0.1) is 5.10 Å². The lowest BCUT2D eigenvalue weighted by atomic mass is 9.87. The van der Waals surface area contributed by atoms with Gasteiger partial charge < -0.3 is 14.4 Å². The molecule has 1 saturated heterocycles. The number of benzene rings is 2. The summed E-state index contributed by atoms with van der Waals surface area (Å²) in [5.74, 6) is -0.445. The van der Waals surface area contributed by atoms with Crippen molar-refractivity contribution >= 4 is 12.1 Å². The highest BCUT2D eigenvalue weighted by Gasteiger charge is 2.49. The zero-order valence-electron chi connectivity index (χ0n) is 19.9. The van der Waals surface area contributed by atoms with Gasteiger partial charge in [0.2, 0.25) is 0 Å². The van der Waals surface area contributed by atoms with Gasteiger partial charge in [0.25, 0.3) is 0 Å². The van der Waals surface area contributed by atoms with E-state index in [2.05, 4.69) is 15.4 Å². The summed E-state index contributed by atoms with van der Waals surface area (Å²) in [6.07, 6.45) is -12.2. The predicted molar refractivity (Wildman–Crippen MR) is 119 cm³/mol. The second-order valence-corrected chi connectivity index (χ2v) is 8.78. The van der Waals surface area contributed by atoms with E-state index in [0.717, 1.165) is 0 Å². The third-order valence-corrected chi connectivity index (χ3v) is 6.36. The molecule has 1 aliphatic heterocycles. The Morgan fingerprint density at radius 2 is 1.68 bits per heavy atom. The third-order valence-electron chi connectivity index (χ3n) is 6.36. The van der Waals surface area contributed by atoms with Crippen LogP contribution in [0.3, 0.4) is 0 Å². The number of carbonyl (C=O) groups is 1. The molecule has 3 atom stereocenters. The Hall–Kier alpha value is -3.52. The quantitative estimate of drug-likeness (QED) is 0.318. The zero-order valence-corrected chi connectivity index (χ0v) is 19.9. The highest BCUT2D eigenvalue weighted by Crippen LogP contribution is 2.43. The fraction of sp³-hybridized carbons (Fsp3) is 0.375. The molecule has 0 amide bonds. The van der Waals surface area contributed by atoms with Crippen molar-refractivity contribution in [2.24, 2.45) is 0 Å². The zero-order chi connectivity index (χ0) is 27.9. The van der Waals surface area contributed by atoms with Crippen LogP contribution in [0.2, 0.25) is 0 Å². The number of anilines is 1. The van der Waals surface area contributed by atoms with Gasteiger partial charge in [-0.2, -0.15) is 36.7 Å². The Balaban J connectivity index is 1.77. The van der Waals surface area contributed by atoms with E-state index in [0.29, 0.717) is 24.0 Å². The maximum absolute atomic E-state index is 13.7. The van der Waals surface area contributed by atoms with Gasteiger partial charge in [0.15, 0.2) is 24.1 Å². The normalized spacial score (nSPS) is 21.4. The first kappa shape index (κ1) is 27.5. The van der Waals surface area contributed by atoms with Crippen molar-refractivity contribution in [1.82, 2.24) is 15.4 Å². The van der Waals surface area contributed by atoms with Gasteiger partial charge in [0.1, 0.15) is 11.4 Å². The Labute approximate surface area is 211 Å². The van der Waals surface area contributed by atoms with Crippen LogP contribution in [0.15, 0.2) is 42.5 Å². The van der Waals surface area contributed by atoms with Gasteiger partial charge in [-0.25, -0.2) is 4.39 Å². The number of ether oxygens (including phenoxy) is 2. The minimum absolute atomic E-state index is 0.00425. The molecular formula is C24H21F7N4O3. The number of hydrogen-bond donors (Lipinski definition) is 1. The molecule has 0 aliphatic carbocycles. The van der Waals surface area contributed by atoms with E-state index in [1.54, 1.807) is 11.8 Å². The van der Waals surface area contributed by atoms with Crippen LogP contribution in [0.5, 0.6) is 0 Å². The molecule has 1 aliphatic rings. The number of halogens is 7. The second kappa shape index (κ2) is 9.98. The SMILES string of the molecule is CC(O[C@H]1OCCN(c2n[nH]nc2C=O)[C@@]1(C)c1ccc(F)cc1)c1cc(C(F)(F)F)cc(C(F)(F)F)c1. The number of morpholine rings is 1. The Kier molecular flexibility index (Phi) is 7.23. The van der Waals surface area contributed by atoms with Crippen molar-refractivity contribution in [3.63, 3.8) is 0 Å². The molecule has 7 nitrogen and oxygen atoms in total. The van der Waals surface area contributed by atoms with Crippen molar-refractivity contribution < 1.29 is 45.0 Å². The number of nitrogens with zero attached hydrogens (tertiary/aromatic N) is 3. The van der Waals surface area contributed by atoms with Crippen molar-refractivity contribution in [3.05, 3.63) is 76.2 Å². The number of H-pyrrole nitrogens is 1.